The van der Waals surface area contributed by atoms with Crippen molar-refractivity contribution in [2.75, 3.05) is 19.8 Å². The Kier molecular flexibility index (Phi) is 5.09. The van der Waals surface area contributed by atoms with Gasteiger partial charge in [0.15, 0.2) is 18.1 Å². The third-order valence-corrected chi connectivity index (χ3v) is 5.24. The van der Waals surface area contributed by atoms with Crippen molar-refractivity contribution in [2.24, 2.45) is 11.3 Å². The van der Waals surface area contributed by atoms with Crippen molar-refractivity contribution in [3.63, 3.8) is 0 Å². The van der Waals surface area contributed by atoms with Gasteiger partial charge in [-0.3, -0.25) is 4.79 Å². The van der Waals surface area contributed by atoms with Gasteiger partial charge in [-0.15, -0.1) is 0 Å². The van der Waals surface area contributed by atoms with Crippen LogP contribution in [0, 0.1) is 11.3 Å². The van der Waals surface area contributed by atoms with Crippen molar-refractivity contribution in [2.45, 2.75) is 39.3 Å². The molecule has 2 fully saturated rings. The SMILES string of the molecule is CCOc1cc(C(=O)NC2C3CCOC3C2(C)C)ccc1OCC(=O)O. The fourth-order valence-corrected chi connectivity index (χ4v) is 4.02. The smallest absolute Gasteiger partial charge is 0.341 e. The lowest BCUT2D eigenvalue weighted by Gasteiger charge is -2.54. The van der Waals surface area contributed by atoms with Crippen LogP contribution in [0.3, 0.4) is 0 Å². The first-order chi connectivity index (χ1) is 12.3. The Labute approximate surface area is 152 Å². The molecule has 26 heavy (non-hydrogen) atoms. The van der Waals surface area contributed by atoms with Gasteiger partial charge in [0.05, 0.1) is 12.7 Å². The lowest BCUT2D eigenvalue weighted by atomic mass is 9.57. The third-order valence-electron chi connectivity index (χ3n) is 5.24. The van der Waals surface area contributed by atoms with E-state index in [1.165, 1.54) is 0 Å². The molecule has 3 atom stereocenters. The number of nitrogens with one attached hydrogen (secondary N) is 1. The summed E-state index contributed by atoms with van der Waals surface area (Å²) in [7, 11) is 0. The molecule has 7 heteroatoms. The predicted molar refractivity (Wildman–Crippen MR) is 93.6 cm³/mol. The van der Waals surface area contributed by atoms with E-state index in [-0.39, 0.29) is 23.5 Å². The zero-order valence-corrected chi connectivity index (χ0v) is 15.3. The van der Waals surface area contributed by atoms with Gasteiger partial charge in [-0.2, -0.15) is 0 Å². The summed E-state index contributed by atoms with van der Waals surface area (Å²) in [6.45, 7) is 6.69. The average molecular weight is 363 g/mol. The molecule has 0 spiro atoms. The number of hydrogen-bond acceptors (Lipinski definition) is 5. The van der Waals surface area contributed by atoms with Crippen LogP contribution in [-0.4, -0.2) is 48.9 Å². The molecule has 0 aromatic heterocycles. The summed E-state index contributed by atoms with van der Waals surface area (Å²) in [5.41, 5.74) is 0.360. The van der Waals surface area contributed by atoms with Crippen LogP contribution in [0.5, 0.6) is 11.5 Å². The number of fused-ring (bicyclic) bond motifs is 1. The van der Waals surface area contributed by atoms with Gasteiger partial charge in [0.25, 0.3) is 5.91 Å². The second-order valence-electron chi connectivity index (χ2n) is 7.29. The maximum Gasteiger partial charge on any atom is 0.341 e. The van der Waals surface area contributed by atoms with E-state index in [1.807, 2.05) is 6.92 Å². The number of carboxylic acids is 1. The molecule has 1 aromatic carbocycles. The van der Waals surface area contributed by atoms with E-state index in [0.717, 1.165) is 13.0 Å². The highest BCUT2D eigenvalue weighted by Crippen LogP contribution is 2.52. The summed E-state index contributed by atoms with van der Waals surface area (Å²) < 4.78 is 16.5. The van der Waals surface area contributed by atoms with Crippen molar-refractivity contribution in [3.05, 3.63) is 23.8 Å². The minimum atomic E-state index is -1.07. The van der Waals surface area contributed by atoms with Crippen LogP contribution in [-0.2, 0) is 9.53 Å². The first kappa shape index (κ1) is 18.5. The van der Waals surface area contributed by atoms with Crippen molar-refractivity contribution in [3.8, 4) is 11.5 Å². The van der Waals surface area contributed by atoms with Crippen molar-refractivity contribution in [1.82, 2.24) is 5.32 Å². The van der Waals surface area contributed by atoms with E-state index >= 15 is 0 Å². The highest BCUT2D eigenvalue weighted by molar-refractivity contribution is 5.95. The Hall–Kier alpha value is -2.28. The fraction of sp³-hybridized carbons (Fsp3) is 0.579. The quantitative estimate of drug-likeness (QED) is 0.770. The molecule has 2 aliphatic rings. The van der Waals surface area contributed by atoms with E-state index in [9.17, 15) is 9.59 Å². The van der Waals surface area contributed by atoms with E-state index < -0.39 is 12.6 Å². The van der Waals surface area contributed by atoms with Gasteiger partial charge in [-0.1, -0.05) is 13.8 Å². The number of benzene rings is 1. The van der Waals surface area contributed by atoms with E-state index in [1.54, 1.807) is 18.2 Å². The second kappa shape index (κ2) is 7.15. The predicted octanol–water partition coefficient (Wildman–Crippen LogP) is 2.09. The molecule has 1 aliphatic heterocycles. The summed E-state index contributed by atoms with van der Waals surface area (Å²) in [6.07, 6.45) is 1.17. The minimum absolute atomic E-state index is 0.0704. The number of carboxylic acid groups (broad SMARTS) is 1. The van der Waals surface area contributed by atoms with Crippen molar-refractivity contribution >= 4 is 11.9 Å². The molecule has 7 nitrogen and oxygen atoms in total. The fourth-order valence-electron chi connectivity index (χ4n) is 4.02. The lowest BCUT2D eigenvalue weighted by Crippen LogP contribution is -2.66. The van der Waals surface area contributed by atoms with Gasteiger partial charge in [-0.05, 0) is 31.5 Å². The number of aliphatic carboxylic acids is 1. The van der Waals surface area contributed by atoms with Crippen LogP contribution in [0.1, 0.15) is 37.6 Å². The first-order valence-electron chi connectivity index (χ1n) is 8.88. The van der Waals surface area contributed by atoms with Crippen LogP contribution >= 0.6 is 0 Å². The largest absolute Gasteiger partial charge is 0.490 e. The molecule has 3 rings (SSSR count). The second-order valence-corrected chi connectivity index (χ2v) is 7.29. The Balaban J connectivity index is 1.72. The highest BCUT2D eigenvalue weighted by atomic mass is 16.5. The van der Waals surface area contributed by atoms with Crippen LogP contribution in [0.25, 0.3) is 0 Å². The number of hydrogen-bond donors (Lipinski definition) is 2. The Bertz CT molecular complexity index is 701. The number of carbonyl (C=O) groups is 2. The number of carbonyl (C=O) groups excluding carboxylic acids is 1. The van der Waals surface area contributed by atoms with Gasteiger partial charge in [-0.25, -0.2) is 4.79 Å². The molecule has 1 aliphatic carbocycles. The van der Waals surface area contributed by atoms with Gasteiger partial charge in [0.2, 0.25) is 0 Å². The summed E-state index contributed by atoms with van der Waals surface area (Å²) >= 11 is 0. The number of ether oxygens (including phenoxy) is 3. The molecule has 1 heterocycles. The lowest BCUT2D eigenvalue weighted by molar-refractivity contribution is -0.139. The Morgan fingerprint density at radius 2 is 2.08 bits per heavy atom. The molecule has 0 bridgehead atoms. The molecule has 1 aromatic rings. The maximum atomic E-state index is 12.7. The van der Waals surface area contributed by atoms with E-state index in [0.29, 0.717) is 29.6 Å². The normalized spacial score (nSPS) is 25.7. The van der Waals surface area contributed by atoms with Crippen molar-refractivity contribution in [1.29, 1.82) is 0 Å². The summed E-state index contributed by atoms with van der Waals surface area (Å²) in [4.78, 5) is 23.4. The molecular weight excluding hydrogens is 338 g/mol. The van der Waals surface area contributed by atoms with Crippen molar-refractivity contribution < 1.29 is 28.9 Å². The van der Waals surface area contributed by atoms with Crippen LogP contribution in [0.4, 0.5) is 0 Å². The van der Waals surface area contributed by atoms with Gasteiger partial charge in [0.1, 0.15) is 0 Å². The van der Waals surface area contributed by atoms with Crippen LogP contribution in [0.2, 0.25) is 0 Å². The minimum Gasteiger partial charge on any atom is -0.490 e. The van der Waals surface area contributed by atoms with E-state index in [2.05, 4.69) is 19.2 Å². The molecule has 1 amide bonds. The molecule has 0 radical (unpaired) electrons. The molecule has 142 valence electrons. The molecule has 3 unspecified atom stereocenters. The summed E-state index contributed by atoms with van der Waals surface area (Å²) in [5, 5.41) is 11.9. The van der Waals surface area contributed by atoms with Gasteiger partial charge >= 0.3 is 5.97 Å². The first-order valence-corrected chi connectivity index (χ1v) is 8.88. The molecule has 1 saturated heterocycles. The van der Waals surface area contributed by atoms with Crippen LogP contribution in [0.15, 0.2) is 18.2 Å². The summed E-state index contributed by atoms with van der Waals surface area (Å²) in [6, 6.07) is 4.84. The molecular formula is C19H25NO6. The number of amides is 1. The van der Waals surface area contributed by atoms with Gasteiger partial charge in [0, 0.05) is 29.5 Å². The third kappa shape index (κ3) is 3.35. The monoisotopic (exact) mass is 363 g/mol. The van der Waals surface area contributed by atoms with Crippen LogP contribution < -0.4 is 14.8 Å². The highest BCUT2D eigenvalue weighted by Gasteiger charge is 2.59. The topological polar surface area (TPSA) is 94.1 Å². The number of rotatable bonds is 7. The van der Waals surface area contributed by atoms with E-state index in [4.69, 9.17) is 19.3 Å². The summed E-state index contributed by atoms with van der Waals surface area (Å²) in [5.74, 6) is -0.233. The molecule has 1 saturated carbocycles. The Morgan fingerprint density at radius 1 is 1.31 bits per heavy atom. The standard InChI is InChI=1S/C19H25NO6/c1-4-24-14-9-11(5-6-13(14)26-10-15(21)22)18(23)20-16-12-7-8-25-17(12)19(16,2)3/h5-6,9,12,16-17H,4,7-8,10H2,1-3H3,(H,20,23)(H,21,22). The zero-order valence-electron chi connectivity index (χ0n) is 15.3. The Morgan fingerprint density at radius 3 is 2.77 bits per heavy atom. The zero-order chi connectivity index (χ0) is 18.9. The van der Waals surface area contributed by atoms with Gasteiger partial charge < -0.3 is 24.6 Å². The average Bonchev–Trinajstić information content (AvgIpc) is 3.05. The maximum absolute atomic E-state index is 12.7. The molecule has 2 N–H and O–H groups in total.